The van der Waals surface area contributed by atoms with Crippen molar-refractivity contribution in [2.24, 2.45) is 0 Å². The number of anilines is 2. The zero-order chi connectivity index (χ0) is 26.9. The zero-order valence-corrected chi connectivity index (χ0v) is 23.6. The van der Waals surface area contributed by atoms with E-state index in [1.807, 2.05) is 12.1 Å². The fraction of sp³-hybridized carbons (Fsp3) is 0.500. The van der Waals surface area contributed by atoms with E-state index in [1.54, 1.807) is 0 Å². The van der Waals surface area contributed by atoms with Crippen molar-refractivity contribution in [3.63, 3.8) is 0 Å². The van der Waals surface area contributed by atoms with Gasteiger partial charge in [0.15, 0.2) is 0 Å². The third-order valence-corrected chi connectivity index (χ3v) is 8.99. The largest absolute Gasteiger partial charge is 0.462 e. The molecule has 39 heavy (non-hydrogen) atoms. The van der Waals surface area contributed by atoms with Crippen LogP contribution in [0.2, 0.25) is 5.02 Å². The first-order chi connectivity index (χ1) is 19.0. The zero-order valence-electron chi connectivity index (χ0n) is 22.8. The highest BCUT2D eigenvalue weighted by Crippen LogP contribution is 2.37. The summed E-state index contributed by atoms with van der Waals surface area (Å²) in [5.41, 5.74) is 3.34. The molecular weight excluding hydrogens is 510 g/mol. The number of halogens is 1. The van der Waals surface area contributed by atoms with Gasteiger partial charge in [0.05, 0.1) is 29.8 Å². The van der Waals surface area contributed by atoms with Crippen LogP contribution in [0.1, 0.15) is 30.5 Å². The van der Waals surface area contributed by atoms with E-state index in [2.05, 4.69) is 64.0 Å². The highest BCUT2D eigenvalue weighted by molar-refractivity contribution is 6.36. The molecule has 0 aliphatic carbocycles. The van der Waals surface area contributed by atoms with E-state index >= 15 is 0 Å². The summed E-state index contributed by atoms with van der Waals surface area (Å²) < 4.78 is 6.29. The summed E-state index contributed by atoms with van der Waals surface area (Å²) in [6.45, 7) is 5.77. The summed E-state index contributed by atoms with van der Waals surface area (Å²) in [5, 5.41) is 12.4. The van der Waals surface area contributed by atoms with Crippen LogP contribution in [0.5, 0.6) is 6.01 Å². The van der Waals surface area contributed by atoms with Gasteiger partial charge in [-0.05, 0) is 57.4 Å². The first-order valence-electron chi connectivity index (χ1n) is 14.0. The maximum Gasteiger partial charge on any atom is 0.318 e. The number of fused-ring (bicyclic) bond motifs is 2. The molecule has 0 spiro atoms. The van der Waals surface area contributed by atoms with Crippen molar-refractivity contribution < 1.29 is 4.74 Å². The second-order valence-electron chi connectivity index (χ2n) is 11.1. The summed E-state index contributed by atoms with van der Waals surface area (Å²) in [6.07, 6.45) is 3.68. The summed E-state index contributed by atoms with van der Waals surface area (Å²) in [6, 6.07) is 15.8. The number of piperazine rings is 1. The van der Waals surface area contributed by atoms with Gasteiger partial charge in [0, 0.05) is 54.9 Å². The molecule has 3 aliphatic heterocycles. The Bertz CT molecular complexity index is 1390. The average Bonchev–Trinajstić information content (AvgIpc) is 3.36. The maximum absolute atomic E-state index is 9.40. The van der Waals surface area contributed by atoms with Crippen molar-refractivity contribution in [3.8, 4) is 12.1 Å². The van der Waals surface area contributed by atoms with Gasteiger partial charge in [-0.15, -0.1) is 0 Å². The lowest BCUT2D eigenvalue weighted by Gasteiger charge is -2.41. The standard InChI is InChI=1S/C30H36ClN7O/c1-35-14-5-8-23(35)20-39-30-33-26-19-37(27-10-4-7-21-6-3-9-25(31)28(21)27)15-12-24(26)29(34-30)38-17-16-36(2)22(18-38)11-13-32/h3-4,6-7,9-10,22-23H,5,8,11-12,14-20H2,1-2H3. The molecule has 2 fully saturated rings. The van der Waals surface area contributed by atoms with Crippen LogP contribution in [-0.2, 0) is 13.0 Å². The molecule has 2 atom stereocenters. The molecule has 204 valence electrons. The van der Waals surface area contributed by atoms with Gasteiger partial charge in [0.2, 0.25) is 0 Å². The first kappa shape index (κ1) is 26.1. The van der Waals surface area contributed by atoms with Gasteiger partial charge in [-0.1, -0.05) is 35.9 Å². The monoisotopic (exact) mass is 545 g/mol. The molecule has 1 aromatic heterocycles. The van der Waals surface area contributed by atoms with Crippen LogP contribution in [0.3, 0.4) is 0 Å². The van der Waals surface area contributed by atoms with Gasteiger partial charge in [0.25, 0.3) is 0 Å². The Morgan fingerprint density at radius 3 is 2.62 bits per heavy atom. The van der Waals surface area contributed by atoms with Gasteiger partial charge in [0.1, 0.15) is 12.4 Å². The Hall–Kier alpha value is -3.12. The lowest BCUT2D eigenvalue weighted by molar-refractivity contribution is 0.186. The Labute approximate surface area is 235 Å². The van der Waals surface area contributed by atoms with Crippen LogP contribution in [0, 0.1) is 11.3 Å². The molecule has 0 radical (unpaired) electrons. The minimum absolute atomic E-state index is 0.184. The van der Waals surface area contributed by atoms with Crippen molar-refractivity contribution in [1.29, 1.82) is 5.26 Å². The molecule has 3 aliphatic rings. The summed E-state index contributed by atoms with van der Waals surface area (Å²) in [4.78, 5) is 19.4. The normalized spacial score (nSPS) is 22.2. The third-order valence-electron chi connectivity index (χ3n) is 8.68. The number of nitrogens with zero attached hydrogens (tertiary/aromatic N) is 7. The van der Waals surface area contributed by atoms with E-state index < -0.39 is 0 Å². The van der Waals surface area contributed by atoms with Crippen LogP contribution in [0.15, 0.2) is 36.4 Å². The number of benzene rings is 2. The molecule has 0 amide bonds. The van der Waals surface area contributed by atoms with E-state index in [4.69, 9.17) is 26.3 Å². The van der Waals surface area contributed by atoms with Crippen LogP contribution in [-0.4, -0.2) is 85.3 Å². The second kappa shape index (κ2) is 11.2. The van der Waals surface area contributed by atoms with Crippen LogP contribution < -0.4 is 14.5 Å². The number of hydrogen-bond donors (Lipinski definition) is 0. The van der Waals surface area contributed by atoms with Gasteiger partial charge in [-0.2, -0.15) is 15.2 Å². The number of rotatable bonds is 6. The molecule has 6 rings (SSSR count). The number of likely N-dealkylation sites (tertiary alicyclic amines) is 1. The Kier molecular flexibility index (Phi) is 7.48. The SMILES string of the molecule is CN1CCCC1COc1nc2c(c(N3CCN(C)C(CC#N)C3)n1)CCN(c1cccc3cccc(Cl)c13)C2. The second-order valence-corrected chi connectivity index (χ2v) is 11.5. The van der Waals surface area contributed by atoms with Crippen molar-refractivity contribution in [1.82, 2.24) is 19.8 Å². The summed E-state index contributed by atoms with van der Waals surface area (Å²) >= 11 is 6.69. The van der Waals surface area contributed by atoms with Gasteiger partial charge >= 0.3 is 6.01 Å². The smallest absolute Gasteiger partial charge is 0.318 e. The molecule has 8 nitrogen and oxygen atoms in total. The predicted octanol–water partition coefficient (Wildman–Crippen LogP) is 4.35. The van der Waals surface area contributed by atoms with E-state index in [9.17, 15) is 5.26 Å². The Morgan fingerprint density at radius 1 is 1.00 bits per heavy atom. The first-order valence-corrected chi connectivity index (χ1v) is 14.4. The minimum atomic E-state index is 0.184. The number of hydrogen-bond acceptors (Lipinski definition) is 8. The van der Waals surface area contributed by atoms with E-state index in [0.29, 0.717) is 31.6 Å². The van der Waals surface area contributed by atoms with Gasteiger partial charge < -0.3 is 19.4 Å². The fourth-order valence-electron chi connectivity index (χ4n) is 6.28. The van der Waals surface area contributed by atoms with Crippen molar-refractivity contribution in [2.45, 2.75) is 44.3 Å². The Balaban J connectivity index is 1.34. The third kappa shape index (κ3) is 5.23. The topological polar surface area (TPSA) is 71.8 Å². The van der Waals surface area contributed by atoms with Crippen LogP contribution >= 0.6 is 11.6 Å². The van der Waals surface area contributed by atoms with E-state index in [0.717, 1.165) is 78.6 Å². The summed E-state index contributed by atoms with van der Waals surface area (Å²) in [7, 11) is 4.27. The number of aromatic nitrogens is 2. The van der Waals surface area contributed by atoms with Gasteiger partial charge in [-0.3, -0.25) is 4.90 Å². The fourth-order valence-corrected chi connectivity index (χ4v) is 6.56. The minimum Gasteiger partial charge on any atom is -0.462 e. The highest BCUT2D eigenvalue weighted by atomic mass is 35.5. The van der Waals surface area contributed by atoms with Crippen molar-refractivity contribution in [2.75, 3.05) is 63.2 Å². The number of likely N-dealkylation sites (N-methyl/N-ethyl adjacent to an activating group) is 2. The highest BCUT2D eigenvalue weighted by Gasteiger charge is 2.31. The van der Waals surface area contributed by atoms with Crippen LogP contribution in [0.25, 0.3) is 10.8 Å². The number of ether oxygens (including phenoxy) is 1. The molecule has 2 unspecified atom stereocenters. The van der Waals surface area contributed by atoms with Crippen LogP contribution in [0.4, 0.5) is 11.5 Å². The Morgan fingerprint density at radius 2 is 1.82 bits per heavy atom. The lowest BCUT2D eigenvalue weighted by Crippen LogP contribution is -2.52. The molecule has 3 aromatic rings. The maximum atomic E-state index is 9.40. The average molecular weight is 546 g/mol. The molecule has 0 N–H and O–H groups in total. The van der Waals surface area contributed by atoms with Gasteiger partial charge in [-0.25, -0.2) is 0 Å². The quantitative estimate of drug-likeness (QED) is 0.453. The van der Waals surface area contributed by atoms with E-state index in [1.165, 1.54) is 12.0 Å². The molecule has 4 heterocycles. The lowest BCUT2D eigenvalue weighted by atomic mass is 10.0. The molecule has 0 bridgehead atoms. The van der Waals surface area contributed by atoms with Crippen molar-refractivity contribution >= 4 is 33.9 Å². The molecule has 2 aromatic carbocycles. The molecule has 9 heteroatoms. The number of nitriles is 1. The molecular formula is C30H36ClN7O. The van der Waals surface area contributed by atoms with E-state index in [-0.39, 0.29) is 6.04 Å². The molecule has 2 saturated heterocycles. The molecule has 0 saturated carbocycles. The predicted molar refractivity (Wildman–Crippen MR) is 156 cm³/mol. The summed E-state index contributed by atoms with van der Waals surface area (Å²) in [5.74, 6) is 0.974. The van der Waals surface area contributed by atoms with Crippen molar-refractivity contribution in [3.05, 3.63) is 52.7 Å².